The highest BCUT2D eigenvalue weighted by molar-refractivity contribution is 5.85. The maximum absolute atomic E-state index is 6.00. The van der Waals surface area contributed by atoms with E-state index in [0.29, 0.717) is 18.4 Å². The van der Waals surface area contributed by atoms with Crippen LogP contribution in [0.1, 0.15) is 11.5 Å². The van der Waals surface area contributed by atoms with Gasteiger partial charge in [0.05, 0.1) is 7.11 Å². The summed E-state index contributed by atoms with van der Waals surface area (Å²) in [5.41, 5.74) is 7.40. The Labute approximate surface area is 156 Å². The van der Waals surface area contributed by atoms with Gasteiger partial charge in [-0.2, -0.15) is 0 Å². The number of benzene rings is 2. The van der Waals surface area contributed by atoms with E-state index in [0.717, 1.165) is 37.7 Å². The average molecular weight is 363 g/mol. The van der Waals surface area contributed by atoms with Gasteiger partial charge in [0.1, 0.15) is 18.1 Å². The summed E-state index contributed by atoms with van der Waals surface area (Å²) in [5.74, 6) is 2.77. The number of methoxy groups -OCH3 is 1. The van der Waals surface area contributed by atoms with Gasteiger partial charge in [-0.25, -0.2) is 0 Å². The van der Waals surface area contributed by atoms with Crippen molar-refractivity contribution in [2.24, 2.45) is 11.7 Å². The second-order valence-corrected chi connectivity index (χ2v) is 6.30. The molecular weight excluding hydrogens is 336 g/mol. The highest BCUT2D eigenvalue weighted by Gasteiger charge is 2.32. The molecule has 1 aliphatic rings. The van der Waals surface area contributed by atoms with Gasteiger partial charge in [-0.05, 0) is 42.3 Å². The molecule has 1 saturated heterocycles. The van der Waals surface area contributed by atoms with E-state index in [-0.39, 0.29) is 12.4 Å². The number of likely N-dealkylation sites (tertiary alicyclic amines) is 1. The fourth-order valence-corrected chi connectivity index (χ4v) is 3.42. The van der Waals surface area contributed by atoms with Crippen LogP contribution in [-0.2, 0) is 0 Å². The van der Waals surface area contributed by atoms with E-state index in [1.165, 1.54) is 5.56 Å². The van der Waals surface area contributed by atoms with Crippen molar-refractivity contribution < 1.29 is 9.47 Å². The summed E-state index contributed by atoms with van der Waals surface area (Å²) in [5, 5.41) is 0. The molecule has 0 aliphatic carbocycles. The number of rotatable bonds is 7. The molecule has 0 spiro atoms. The molecule has 4 nitrogen and oxygen atoms in total. The van der Waals surface area contributed by atoms with Crippen molar-refractivity contribution in [1.82, 2.24) is 4.90 Å². The largest absolute Gasteiger partial charge is 0.497 e. The van der Waals surface area contributed by atoms with Gasteiger partial charge in [0.15, 0.2) is 0 Å². The van der Waals surface area contributed by atoms with Crippen LogP contribution in [0.4, 0.5) is 0 Å². The Morgan fingerprint density at radius 2 is 1.68 bits per heavy atom. The predicted molar refractivity (Wildman–Crippen MR) is 104 cm³/mol. The lowest BCUT2D eigenvalue weighted by atomic mass is 9.89. The van der Waals surface area contributed by atoms with Crippen LogP contribution in [0.2, 0.25) is 0 Å². The molecule has 0 amide bonds. The molecule has 2 aromatic carbocycles. The number of halogens is 1. The Hall–Kier alpha value is -1.75. The van der Waals surface area contributed by atoms with Gasteiger partial charge in [-0.3, -0.25) is 4.90 Å². The molecule has 0 unspecified atom stereocenters. The Balaban J connectivity index is 0.00000225. The molecule has 0 radical (unpaired) electrons. The second-order valence-electron chi connectivity index (χ2n) is 6.30. The van der Waals surface area contributed by atoms with E-state index in [1.54, 1.807) is 7.11 Å². The third-order valence-corrected chi connectivity index (χ3v) is 4.78. The normalized spacial score (nSPS) is 20.1. The summed E-state index contributed by atoms with van der Waals surface area (Å²) in [7, 11) is 1.67. The zero-order valence-electron chi connectivity index (χ0n) is 14.6. The molecule has 25 heavy (non-hydrogen) atoms. The fraction of sp³-hybridized carbons (Fsp3) is 0.400. The standard InChI is InChI=1S/C20H26N2O2.ClH/c1-23-18-7-9-19(10-8-18)24-12-11-22-14-17(13-21)20(15-22)16-5-3-2-4-6-16;/h2-10,17,20H,11-15,21H2,1H3;1H/t17-,20+;/m1./s1. The number of hydrogen-bond donors (Lipinski definition) is 1. The topological polar surface area (TPSA) is 47.7 Å². The van der Waals surface area contributed by atoms with Crippen LogP contribution in [0.25, 0.3) is 0 Å². The number of ether oxygens (including phenoxy) is 2. The molecule has 136 valence electrons. The van der Waals surface area contributed by atoms with Crippen molar-refractivity contribution in [2.45, 2.75) is 5.92 Å². The molecule has 3 rings (SSSR count). The summed E-state index contributed by atoms with van der Waals surface area (Å²) in [6.45, 7) is 4.44. The van der Waals surface area contributed by atoms with Gasteiger partial charge in [0.25, 0.3) is 0 Å². The van der Waals surface area contributed by atoms with Crippen LogP contribution < -0.4 is 15.2 Å². The monoisotopic (exact) mass is 362 g/mol. The highest BCUT2D eigenvalue weighted by atomic mass is 35.5. The quantitative estimate of drug-likeness (QED) is 0.821. The summed E-state index contributed by atoms with van der Waals surface area (Å²) >= 11 is 0. The number of hydrogen-bond acceptors (Lipinski definition) is 4. The zero-order chi connectivity index (χ0) is 16.8. The molecule has 5 heteroatoms. The zero-order valence-corrected chi connectivity index (χ0v) is 15.5. The van der Waals surface area contributed by atoms with Gasteiger partial charge in [-0.1, -0.05) is 30.3 Å². The molecule has 1 heterocycles. The summed E-state index contributed by atoms with van der Waals surface area (Å²) in [4.78, 5) is 2.46. The van der Waals surface area contributed by atoms with Crippen molar-refractivity contribution in [1.29, 1.82) is 0 Å². The van der Waals surface area contributed by atoms with Crippen LogP contribution >= 0.6 is 12.4 Å². The minimum absolute atomic E-state index is 0. The van der Waals surface area contributed by atoms with E-state index in [4.69, 9.17) is 15.2 Å². The predicted octanol–water partition coefficient (Wildman–Crippen LogP) is 3.17. The first-order chi connectivity index (χ1) is 11.8. The van der Waals surface area contributed by atoms with Crippen LogP contribution in [0, 0.1) is 5.92 Å². The van der Waals surface area contributed by atoms with Gasteiger partial charge >= 0.3 is 0 Å². The molecule has 2 aromatic rings. The number of nitrogens with zero attached hydrogens (tertiary/aromatic N) is 1. The van der Waals surface area contributed by atoms with Gasteiger partial charge in [-0.15, -0.1) is 12.4 Å². The van der Waals surface area contributed by atoms with Crippen LogP contribution in [0.5, 0.6) is 11.5 Å². The Bertz CT molecular complexity index is 621. The summed E-state index contributed by atoms with van der Waals surface area (Å²) in [6, 6.07) is 18.4. The summed E-state index contributed by atoms with van der Waals surface area (Å²) < 4.78 is 11.0. The smallest absolute Gasteiger partial charge is 0.119 e. The van der Waals surface area contributed by atoms with Gasteiger partial charge in [0.2, 0.25) is 0 Å². The third-order valence-electron chi connectivity index (χ3n) is 4.78. The first-order valence-corrected chi connectivity index (χ1v) is 8.54. The molecular formula is C20H27ClN2O2. The van der Waals surface area contributed by atoms with Crippen LogP contribution in [0.15, 0.2) is 54.6 Å². The number of nitrogens with two attached hydrogens (primary N) is 1. The van der Waals surface area contributed by atoms with Crippen molar-refractivity contribution >= 4 is 12.4 Å². The Morgan fingerprint density at radius 3 is 2.32 bits per heavy atom. The molecule has 1 aliphatic heterocycles. The van der Waals surface area contributed by atoms with Crippen molar-refractivity contribution in [3.63, 3.8) is 0 Å². The van der Waals surface area contributed by atoms with Gasteiger partial charge < -0.3 is 15.2 Å². The SMILES string of the molecule is COc1ccc(OCCN2C[C@@H](CN)[C@H](c3ccccc3)C2)cc1.Cl. The lowest BCUT2D eigenvalue weighted by molar-refractivity contribution is 0.232. The molecule has 0 bridgehead atoms. The fourth-order valence-electron chi connectivity index (χ4n) is 3.42. The first-order valence-electron chi connectivity index (χ1n) is 8.54. The maximum Gasteiger partial charge on any atom is 0.119 e. The van der Waals surface area contributed by atoms with Gasteiger partial charge in [0, 0.05) is 25.6 Å². The minimum atomic E-state index is 0. The van der Waals surface area contributed by atoms with Crippen molar-refractivity contribution in [3.05, 3.63) is 60.2 Å². The van der Waals surface area contributed by atoms with Crippen molar-refractivity contribution in [2.75, 3.05) is 39.9 Å². The maximum atomic E-state index is 6.00. The lowest BCUT2D eigenvalue weighted by Gasteiger charge is -2.17. The molecule has 1 fully saturated rings. The second kappa shape index (κ2) is 9.66. The summed E-state index contributed by atoms with van der Waals surface area (Å²) in [6.07, 6.45) is 0. The lowest BCUT2D eigenvalue weighted by Crippen LogP contribution is -2.27. The van der Waals surface area contributed by atoms with Crippen LogP contribution in [-0.4, -0.2) is 44.8 Å². The minimum Gasteiger partial charge on any atom is -0.497 e. The van der Waals surface area contributed by atoms with Crippen LogP contribution in [0.3, 0.4) is 0 Å². The molecule has 0 aromatic heterocycles. The van der Waals surface area contributed by atoms with E-state index >= 15 is 0 Å². The van der Waals surface area contributed by atoms with E-state index < -0.39 is 0 Å². The first kappa shape index (κ1) is 19.6. The van der Waals surface area contributed by atoms with E-state index in [1.807, 2.05) is 24.3 Å². The molecule has 2 N–H and O–H groups in total. The molecule has 2 atom stereocenters. The highest BCUT2D eigenvalue weighted by Crippen LogP contribution is 2.31. The average Bonchev–Trinajstić information content (AvgIpc) is 3.06. The van der Waals surface area contributed by atoms with Crippen molar-refractivity contribution in [3.8, 4) is 11.5 Å². The Kier molecular flexibility index (Phi) is 7.56. The van der Waals surface area contributed by atoms with E-state index in [9.17, 15) is 0 Å². The third kappa shape index (κ3) is 5.11. The molecule has 0 saturated carbocycles. The van der Waals surface area contributed by atoms with E-state index in [2.05, 4.69) is 35.2 Å². The Morgan fingerprint density at radius 1 is 1.00 bits per heavy atom.